The molecule has 0 aliphatic carbocycles. The molecule has 8 heteroatoms. The second-order valence-corrected chi connectivity index (χ2v) is 6.90. The maximum atomic E-state index is 12.7. The van der Waals surface area contributed by atoms with Crippen LogP contribution in [0.4, 0.5) is 5.69 Å². The minimum atomic E-state index is -0.503. The molecule has 0 saturated carbocycles. The smallest absolute Gasteiger partial charge is 0.269 e. The van der Waals surface area contributed by atoms with Gasteiger partial charge in [-0.1, -0.05) is 6.92 Å². The van der Waals surface area contributed by atoms with E-state index in [9.17, 15) is 19.7 Å². The van der Waals surface area contributed by atoms with E-state index in [1.165, 1.54) is 40.9 Å². The molecule has 0 bridgehead atoms. The van der Waals surface area contributed by atoms with E-state index in [-0.39, 0.29) is 36.8 Å². The third-order valence-electron chi connectivity index (χ3n) is 3.55. The Hall–Kier alpha value is -2.19. The number of amides is 2. The van der Waals surface area contributed by atoms with Crippen LogP contribution in [0.2, 0.25) is 0 Å². The molecule has 0 N–H and O–H groups in total. The molecule has 1 heterocycles. The molecular formula is C17H20N2O5S. The van der Waals surface area contributed by atoms with Gasteiger partial charge in [0.15, 0.2) is 0 Å². The first-order valence-corrected chi connectivity index (χ1v) is 8.95. The number of non-ortho nitro benzene ring substituents is 1. The molecule has 7 nitrogen and oxygen atoms in total. The van der Waals surface area contributed by atoms with Crippen molar-refractivity contribution in [3.8, 4) is 0 Å². The number of nitro groups is 1. The summed E-state index contributed by atoms with van der Waals surface area (Å²) in [4.78, 5) is 37.2. The molecule has 2 rings (SSSR count). The average molecular weight is 364 g/mol. The highest BCUT2D eigenvalue weighted by molar-refractivity contribution is 8.04. The van der Waals surface area contributed by atoms with Crippen molar-refractivity contribution in [2.75, 3.05) is 18.9 Å². The molecule has 0 fully saturated rings. The Bertz CT molecular complexity index is 712. The summed E-state index contributed by atoms with van der Waals surface area (Å²) in [5.74, 6) is -0.0824. The van der Waals surface area contributed by atoms with Gasteiger partial charge in [-0.3, -0.25) is 24.6 Å². The lowest BCUT2D eigenvalue weighted by Crippen LogP contribution is -2.35. The van der Waals surface area contributed by atoms with Crippen molar-refractivity contribution in [2.45, 2.75) is 26.9 Å². The van der Waals surface area contributed by atoms with Gasteiger partial charge in [0, 0.05) is 12.1 Å². The molecule has 1 aromatic rings. The van der Waals surface area contributed by atoms with Crippen molar-refractivity contribution in [1.82, 2.24) is 4.90 Å². The molecule has 0 aromatic heterocycles. The summed E-state index contributed by atoms with van der Waals surface area (Å²) < 4.78 is 5.43. The van der Waals surface area contributed by atoms with Gasteiger partial charge in [0.1, 0.15) is 0 Å². The number of hydrogen-bond acceptors (Lipinski definition) is 6. The zero-order valence-corrected chi connectivity index (χ0v) is 15.2. The first-order chi connectivity index (χ1) is 11.9. The molecule has 0 unspecified atom stereocenters. The fourth-order valence-electron chi connectivity index (χ4n) is 2.42. The number of carbonyl (C=O) groups is 2. The molecule has 25 heavy (non-hydrogen) atoms. The number of nitro benzene ring substituents is 1. The van der Waals surface area contributed by atoms with Crippen LogP contribution < -0.4 is 0 Å². The van der Waals surface area contributed by atoms with Gasteiger partial charge in [-0.15, -0.1) is 11.8 Å². The van der Waals surface area contributed by atoms with Gasteiger partial charge >= 0.3 is 0 Å². The number of carbonyl (C=O) groups excluding carboxylic acids is 2. The average Bonchev–Trinajstić information content (AvgIpc) is 2.79. The number of rotatable bonds is 8. The summed E-state index contributed by atoms with van der Waals surface area (Å²) in [5, 5.41) is 10.8. The lowest BCUT2D eigenvalue weighted by molar-refractivity contribution is -0.384. The second-order valence-electron chi connectivity index (χ2n) is 5.62. The standard InChI is InChI=1S/C17H20N2O5S/c1-4-25-15-14(12-5-7-13(8-6-12)19(22)23)16(20)18(17(15)21)9-10-24-11(2)3/h5-8,11H,4,9-10H2,1-3H3. The Morgan fingerprint density at radius 3 is 2.36 bits per heavy atom. The molecule has 0 atom stereocenters. The summed E-state index contributed by atoms with van der Waals surface area (Å²) in [6.45, 7) is 6.11. The van der Waals surface area contributed by atoms with Crippen molar-refractivity contribution in [3.63, 3.8) is 0 Å². The Morgan fingerprint density at radius 1 is 1.20 bits per heavy atom. The number of hydrogen-bond donors (Lipinski definition) is 0. The maximum Gasteiger partial charge on any atom is 0.269 e. The first-order valence-electron chi connectivity index (χ1n) is 7.96. The molecule has 2 amide bonds. The van der Waals surface area contributed by atoms with Gasteiger partial charge in [0.05, 0.1) is 34.7 Å². The Morgan fingerprint density at radius 2 is 1.84 bits per heavy atom. The summed E-state index contributed by atoms with van der Waals surface area (Å²) in [6, 6.07) is 5.67. The van der Waals surface area contributed by atoms with Crippen molar-refractivity contribution in [3.05, 3.63) is 44.8 Å². The highest BCUT2D eigenvalue weighted by atomic mass is 32.2. The Balaban J connectivity index is 2.30. The normalized spacial score (nSPS) is 14.8. The third kappa shape index (κ3) is 4.26. The molecule has 1 aromatic carbocycles. The quantitative estimate of drug-likeness (QED) is 0.400. The molecular weight excluding hydrogens is 344 g/mol. The molecule has 0 radical (unpaired) electrons. The van der Waals surface area contributed by atoms with Crippen LogP contribution in [-0.4, -0.2) is 46.6 Å². The predicted octanol–water partition coefficient (Wildman–Crippen LogP) is 2.85. The van der Waals surface area contributed by atoms with Crippen molar-refractivity contribution in [2.24, 2.45) is 0 Å². The SMILES string of the molecule is CCSC1=C(c2ccc([N+](=O)[O-])cc2)C(=O)N(CCOC(C)C)C1=O. The maximum absolute atomic E-state index is 12.7. The molecule has 0 saturated heterocycles. The Labute approximate surface area is 150 Å². The van der Waals surface area contributed by atoms with Gasteiger partial charge in [0.2, 0.25) is 0 Å². The van der Waals surface area contributed by atoms with Crippen LogP contribution in [-0.2, 0) is 14.3 Å². The summed E-state index contributed by atoms with van der Waals surface area (Å²) in [6.07, 6.45) is 0.0133. The van der Waals surface area contributed by atoms with Crippen LogP contribution in [0, 0.1) is 10.1 Å². The van der Waals surface area contributed by atoms with Gasteiger partial charge in [-0.2, -0.15) is 0 Å². The van der Waals surface area contributed by atoms with Crippen LogP contribution >= 0.6 is 11.8 Å². The van der Waals surface area contributed by atoms with Crippen LogP contribution in [0.3, 0.4) is 0 Å². The van der Waals surface area contributed by atoms with Crippen LogP contribution in [0.1, 0.15) is 26.3 Å². The summed E-state index contributed by atoms with van der Waals surface area (Å²) in [5.41, 5.74) is 0.747. The Kier molecular flexibility index (Phi) is 6.33. The van der Waals surface area contributed by atoms with E-state index in [1.54, 1.807) is 0 Å². The highest BCUT2D eigenvalue weighted by Gasteiger charge is 2.38. The van der Waals surface area contributed by atoms with Gasteiger partial charge in [-0.05, 0) is 37.3 Å². The first kappa shape index (κ1) is 19.1. The van der Waals surface area contributed by atoms with E-state index < -0.39 is 4.92 Å². The van der Waals surface area contributed by atoms with E-state index in [4.69, 9.17) is 4.74 Å². The van der Waals surface area contributed by atoms with Crippen molar-refractivity contribution >= 4 is 34.8 Å². The zero-order valence-electron chi connectivity index (χ0n) is 14.4. The molecule has 1 aliphatic heterocycles. The topological polar surface area (TPSA) is 89.8 Å². The monoisotopic (exact) mass is 364 g/mol. The lowest BCUT2D eigenvalue weighted by Gasteiger charge is -2.16. The van der Waals surface area contributed by atoms with E-state index in [0.717, 1.165) is 0 Å². The van der Waals surface area contributed by atoms with Crippen LogP contribution in [0.5, 0.6) is 0 Å². The molecule has 1 aliphatic rings. The number of nitrogens with zero attached hydrogens (tertiary/aromatic N) is 2. The highest BCUT2D eigenvalue weighted by Crippen LogP contribution is 2.36. The molecule has 134 valence electrons. The fraction of sp³-hybridized carbons (Fsp3) is 0.412. The van der Waals surface area contributed by atoms with Gasteiger partial charge < -0.3 is 4.74 Å². The minimum Gasteiger partial charge on any atom is -0.377 e. The number of thioether (sulfide) groups is 1. The van der Waals surface area contributed by atoms with Crippen LogP contribution in [0.25, 0.3) is 5.57 Å². The summed E-state index contributed by atoms with van der Waals surface area (Å²) in [7, 11) is 0. The van der Waals surface area contributed by atoms with Gasteiger partial charge in [0.25, 0.3) is 17.5 Å². The number of benzene rings is 1. The van der Waals surface area contributed by atoms with Crippen LogP contribution in [0.15, 0.2) is 29.2 Å². The lowest BCUT2D eigenvalue weighted by atomic mass is 10.1. The van der Waals surface area contributed by atoms with Gasteiger partial charge in [-0.25, -0.2) is 0 Å². The van der Waals surface area contributed by atoms with E-state index >= 15 is 0 Å². The number of ether oxygens (including phenoxy) is 1. The third-order valence-corrected chi connectivity index (χ3v) is 4.50. The van der Waals surface area contributed by atoms with E-state index in [2.05, 4.69) is 0 Å². The van der Waals surface area contributed by atoms with Crippen molar-refractivity contribution in [1.29, 1.82) is 0 Å². The van der Waals surface area contributed by atoms with Crippen molar-refractivity contribution < 1.29 is 19.2 Å². The second kappa shape index (κ2) is 8.26. The molecule has 0 spiro atoms. The summed E-state index contributed by atoms with van der Waals surface area (Å²) >= 11 is 1.30. The number of imide groups is 1. The zero-order chi connectivity index (χ0) is 18.6. The predicted molar refractivity (Wildman–Crippen MR) is 96.0 cm³/mol. The largest absolute Gasteiger partial charge is 0.377 e. The fourth-order valence-corrected chi connectivity index (χ4v) is 3.29. The van der Waals surface area contributed by atoms with E-state index in [1.807, 2.05) is 20.8 Å². The minimum absolute atomic E-state index is 0.0133. The van der Waals surface area contributed by atoms with E-state index in [0.29, 0.717) is 21.8 Å².